The maximum absolute atomic E-state index is 12.6. The van der Waals surface area contributed by atoms with Gasteiger partial charge in [0.15, 0.2) is 0 Å². The molecule has 1 rings (SSSR count). The van der Waals surface area contributed by atoms with Crippen LogP contribution in [0.4, 0.5) is 0 Å². The maximum Gasteiger partial charge on any atom is 0.310 e. The van der Waals surface area contributed by atoms with Crippen molar-refractivity contribution in [2.45, 2.75) is 85.2 Å². The van der Waals surface area contributed by atoms with Crippen molar-refractivity contribution in [1.82, 2.24) is 0 Å². The third-order valence-corrected chi connectivity index (χ3v) is 5.21. The molecule has 0 heterocycles. The first-order valence-corrected chi connectivity index (χ1v) is 9.35. The zero-order valence-corrected chi connectivity index (χ0v) is 15.2. The Morgan fingerprint density at radius 3 is 2.22 bits per heavy atom. The topological polar surface area (TPSA) is 63.6 Å². The highest BCUT2D eigenvalue weighted by Gasteiger charge is 2.38. The molecular weight excluding hydrogens is 292 g/mol. The molecular formula is C19H34O4. The summed E-state index contributed by atoms with van der Waals surface area (Å²) in [4.78, 5) is 24.0. The van der Waals surface area contributed by atoms with Gasteiger partial charge in [0.1, 0.15) is 6.10 Å². The lowest BCUT2D eigenvalue weighted by Crippen LogP contribution is -2.39. The molecule has 134 valence electrons. The molecule has 1 aliphatic rings. The highest BCUT2D eigenvalue weighted by molar-refractivity contribution is 5.81. The first kappa shape index (κ1) is 20.0. The van der Waals surface area contributed by atoms with Gasteiger partial charge in [-0.25, -0.2) is 0 Å². The average Bonchev–Trinajstić information content (AvgIpc) is 2.53. The van der Waals surface area contributed by atoms with E-state index in [1.165, 1.54) is 0 Å². The molecule has 0 aliphatic heterocycles. The fourth-order valence-corrected chi connectivity index (χ4v) is 3.77. The molecule has 4 heteroatoms. The number of carboxylic acid groups (broad SMARTS) is 1. The molecule has 4 atom stereocenters. The summed E-state index contributed by atoms with van der Waals surface area (Å²) in [5, 5.41) is 9.36. The Morgan fingerprint density at radius 2 is 1.74 bits per heavy atom. The summed E-state index contributed by atoms with van der Waals surface area (Å²) in [6, 6.07) is 0. The van der Waals surface area contributed by atoms with Crippen molar-refractivity contribution >= 4 is 11.9 Å². The maximum atomic E-state index is 12.6. The fraction of sp³-hybridized carbons (Fsp3) is 0.895. The summed E-state index contributed by atoms with van der Waals surface area (Å²) in [5.74, 6) is -1.55. The van der Waals surface area contributed by atoms with Crippen LogP contribution in [0.25, 0.3) is 0 Å². The van der Waals surface area contributed by atoms with Crippen LogP contribution in [-0.4, -0.2) is 23.1 Å². The molecule has 0 bridgehead atoms. The Balaban J connectivity index is 2.77. The van der Waals surface area contributed by atoms with Crippen molar-refractivity contribution in [3.8, 4) is 0 Å². The van der Waals surface area contributed by atoms with E-state index in [0.717, 1.165) is 38.5 Å². The quantitative estimate of drug-likeness (QED) is 0.626. The Labute approximate surface area is 141 Å². The van der Waals surface area contributed by atoms with Gasteiger partial charge in [-0.3, -0.25) is 9.59 Å². The van der Waals surface area contributed by atoms with Crippen LogP contribution in [0, 0.1) is 23.7 Å². The molecule has 0 spiro atoms. The minimum absolute atomic E-state index is 0.101. The second-order valence-corrected chi connectivity index (χ2v) is 7.29. The smallest absolute Gasteiger partial charge is 0.310 e. The zero-order valence-electron chi connectivity index (χ0n) is 15.2. The Morgan fingerprint density at radius 1 is 1.13 bits per heavy atom. The van der Waals surface area contributed by atoms with Crippen LogP contribution in [0.1, 0.15) is 79.1 Å². The largest absolute Gasteiger partial charge is 0.481 e. The second-order valence-electron chi connectivity index (χ2n) is 7.29. The van der Waals surface area contributed by atoms with Crippen LogP contribution in [0.5, 0.6) is 0 Å². The standard InChI is InChI=1S/C19H34O4/c1-5-7-10-14(6-2)17(13(3)4)23-19(22)16-12-9-8-11-15(16)18(20)21/h13-17H,5-12H2,1-4H3,(H,20,21). The van der Waals surface area contributed by atoms with E-state index >= 15 is 0 Å². The first-order valence-electron chi connectivity index (χ1n) is 9.35. The second kappa shape index (κ2) is 9.94. The van der Waals surface area contributed by atoms with E-state index in [2.05, 4.69) is 27.7 Å². The highest BCUT2D eigenvalue weighted by atomic mass is 16.5. The molecule has 0 aromatic carbocycles. The molecule has 1 N–H and O–H groups in total. The van der Waals surface area contributed by atoms with E-state index < -0.39 is 17.8 Å². The van der Waals surface area contributed by atoms with E-state index in [4.69, 9.17) is 4.74 Å². The number of carboxylic acids is 1. The monoisotopic (exact) mass is 326 g/mol. The number of unbranched alkanes of at least 4 members (excludes halogenated alkanes) is 1. The number of carbonyl (C=O) groups excluding carboxylic acids is 1. The molecule has 1 fully saturated rings. The summed E-state index contributed by atoms with van der Waals surface area (Å²) in [5.41, 5.74) is 0. The van der Waals surface area contributed by atoms with E-state index in [1.54, 1.807) is 0 Å². The van der Waals surface area contributed by atoms with E-state index in [-0.39, 0.29) is 18.0 Å². The molecule has 0 aromatic heterocycles. The third kappa shape index (κ3) is 5.82. The van der Waals surface area contributed by atoms with E-state index in [0.29, 0.717) is 18.8 Å². The molecule has 0 aromatic rings. The SMILES string of the molecule is CCCCC(CC)C(OC(=O)C1CCCCC1C(=O)O)C(C)C. The van der Waals surface area contributed by atoms with Crippen LogP contribution in [0.3, 0.4) is 0 Å². The van der Waals surface area contributed by atoms with Crippen LogP contribution in [0.2, 0.25) is 0 Å². The molecule has 0 radical (unpaired) electrons. The minimum atomic E-state index is -0.856. The van der Waals surface area contributed by atoms with Crippen molar-refractivity contribution in [3.63, 3.8) is 0 Å². The van der Waals surface area contributed by atoms with E-state index in [1.807, 2.05) is 0 Å². The Bertz CT molecular complexity index is 378. The van der Waals surface area contributed by atoms with Crippen LogP contribution in [0.15, 0.2) is 0 Å². The minimum Gasteiger partial charge on any atom is -0.481 e. The van der Waals surface area contributed by atoms with Crippen molar-refractivity contribution in [1.29, 1.82) is 0 Å². The van der Waals surface area contributed by atoms with Crippen molar-refractivity contribution in [2.24, 2.45) is 23.7 Å². The normalized spacial score (nSPS) is 24.2. The molecule has 4 nitrogen and oxygen atoms in total. The summed E-state index contributed by atoms with van der Waals surface area (Å²) >= 11 is 0. The van der Waals surface area contributed by atoms with Crippen LogP contribution >= 0.6 is 0 Å². The summed E-state index contributed by atoms with van der Waals surface area (Å²) < 4.78 is 5.88. The molecule has 1 saturated carbocycles. The van der Waals surface area contributed by atoms with Crippen molar-refractivity contribution in [3.05, 3.63) is 0 Å². The van der Waals surface area contributed by atoms with Gasteiger partial charge < -0.3 is 9.84 Å². The molecule has 0 saturated heterocycles. The number of rotatable bonds is 9. The van der Waals surface area contributed by atoms with Gasteiger partial charge in [-0.2, -0.15) is 0 Å². The highest BCUT2D eigenvalue weighted by Crippen LogP contribution is 2.33. The van der Waals surface area contributed by atoms with Crippen molar-refractivity contribution in [2.75, 3.05) is 0 Å². The van der Waals surface area contributed by atoms with Gasteiger partial charge in [-0.05, 0) is 37.5 Å². The fourth-order valence-electron chi connectivity index (χ4n) is 3.77. The first-order chi connectivity index (χ1) is 10.9. The lowest BCUT2D eigenvalue weighted by Gasteiger charge is -2.33. The Hall–Kier alpha value is -1.06. The lowest BCUT2D eigenvalue weighted by molar-refractivity contribution is -0.168. The van der Waals surface area contributed by atoms with Crippen LogP contribution < -0.4 is 0 Å². The predicted molar refractivity (Wildman–Crippen MR) is 91.1 cm³/mol. The molecule has 23 heavy (non-hydrogen) atoms. The number of hydrogen-bond donors (Lipinski definition) is 1. The molecule has 4 unspecified atom stereocenters. The molecule has 1 aliphatic carbocycles. The van der Waals surface area contributed by atoms with Gasteiger partial charge in [0.2, 0.25) is 0 Å². The number of esters is 1. The summed E-state index contributed by atoms with van der Waals surface area (Å²) in [7, 11) is 0. The zero-order chi connectivity index (χ0) is 17.4. The van der Waals surface area contributed by atoms with Crippen molar-refractivity contribution < 1.29 is 19.4 Å². The molecule has 0 amide bonds. The number of carbonyl (C=O) groups is 2. The average molecular weight is 326 g/mol. The van der Waals surface area contributed by atoms with Crippen LogP contribution in [-0.2, 0) is 14.3 Å². The van der Waals surface area contributed by atoms with Gasteiger partial charge >= 0.3 is 11.9 Å². The van der Waals surface area contributed by atoms with Gasteiger partial charge in [-0.15, -0.1) is 0 Å². The number of aliphatic carboxylic acids is 1. The number of hydrogen-bond acceptors (Lipinski definition) is 3. The lowest BCUT2D eigenvalue weighted by atomic mass is 9.79. The number of ether oxygens (including phenoxy) is 1. The Kier molecular flexibility index (Phi) is 8.64. The predicted octanol–water partition coefficient (Wildman–Crippen LogP) is 4.66. The van der Waals surface area contributed by atoms with Gasteiger partial charge in [0.25, 0.3) is 0 Å². The summed E-state index contributed by atoms with van der Waals surface area (Å²) in [6.45, 7) is 8.48. The van der Waals surface area contributed by atoms with Gasteiger partial charge in [-0.1, -0.05) is 53.4 Å². The summed E-state index contributed by atoms with van der Waals surface area (Å²) in [6.07, 6.45) is 7.28. The van der Waals surface area contributed by atoms with Gasteiger partial charge in [0.05, 0.1) is 11.8 Å². The third-order valence-electron chi connectivity index (χ3n) is 5.21. The van der Waals surface area contributed by atoms with E-state index in [9.17, 15) is 14.7 Å². The van der Waals surface area contributed by atoms with Gasteiger partial charge in [0, 0.05) is 0 Å².